The van der Waals surface area contributed by atoms with Crippen molar-refractivity contribution in [3.8, 4) is 5.75 Å². The van der Waals surface area contributed by atoms with Crippen molar-refractivity contribution in [2.45, 2.75) is 26.4 Å². The van der Waals surface area contributed by atoms with Crippen LogP contribution in [0.2, 0.25) is 0 Å². The quantitative estimate of drug-likeness (QED) is 0.694. The lowest BCUT2D eigenvalue weighted by Gasteiger charge is -2.11. The van der Waals surface area contributed by atoms with Gasteiger partial charge in [-0.25, -0.2) is 0 Å². The Kier molecular flexibility index (Phi) is 7.90. The molecule has 0 spiro atoms. The maximum absolute atomic E-state index is 9.07. The normalized spacial score (nSPS) is 10.7. The van der Waals surface area contributed by atoms with Gasteiger partial charge in [0.05, 0.1) is 22.2 Å². The van der Waals surface area contributed by atoms with Gasteiger partial charge >= 0.3 is 0 Å². The Labute approximate surface area is 125 Å². The molecule has 0 aliphatic heterocycles. The van der Waals surface area contributed by atoms with E-state index < -0.39 is 0 Å². The standard InChI is InChI=1S/C13H18Br2O3/c1-2-3-4-17-5-6-18-13-11(14)7-10(9-16)8-12(13)15/h7-8,16H,2-6,9H2,1H3. The molecule has 0 saturated heterocycles. The first-order valence-corrected chi connectivity index (χ1v) is 7.57. The van der Waals surface area contributed by atoms with Gasteiger partial charge in [0.25, 0.3) is 0 Å². The molecule has 1 aromatic carbocycles. The number of ether oxygens (including phenoxy) is 2. The zero-order valence-corrected chi connectivity index (χ0v) is 13.6. The van der Waals surface area contributed by atoms with Crippen molar-refractivity contribution in [3.63, 3.8) is 0 Å². The van der Waals surface area contributed by atoms with Crippen molar-refractivity contribution >= 4 is 31.9 Å². The molecular weight excluding hydrogens is 364 g/mol. The number of hydrogen-bond donors (Lipinski definition) is 1. The average molecular weight is 382 g/mol. The Hall–Kier alpha value is -0.100. The molecule has 0 unspecified atom stereocenters. The van der Waals surface area contributed by atoms with E-state index >= 15 is 0 Å². The molecule has 1 aromatic rings. The second-order valence-electron chi connectivity index (χ2n) is 3.86. The van der Waals surface area contributed by atoms with E-state index in [1.807, 2.05) is 12.1 Å². The molecule has 0 saturated carbocycles. The van der Waals surface area contributed by atoms with E-state index in [0.29, 0.717) is 13.2 Å². The van der Waals surface area contributed by atoms with Crippen LogP contribution in [0.5, 0.6) is 5.75 Å². The Bertz CT molecular complexity index is 346. The van der Waals surface area contributed by atoms with E-state index in [1.54, 1.807) is 0 Å². The van der Waals surface area contributed by atoms with Crippen LogP contribution in [0.3, 0.4) is 0 Å². The molecule has 0 bridgehead atoms. The Morgan fingerprint density at radius 1 is 1.11 bits per heavy atom. The molecule has 102 valence electrons. The molecule has 0 radical (unpaired) electrons. The van der Waals surface area contributed by atoms with Gasteiger partial charge in [-0.05, 0) is 56.0 Å². The average Bonchev–Trinajstić information content (AvgIpc) is 2.35. The third kappa shape index (κ3) is 5.26. The summed E-state index contributed by atoms with van der Waals surface area (Å²) in [6.45, 7) is 4.03. The minimum Gasteiger partial charge on any atom is -0.489 e. The first kappa shape index (κ1) is 16.0. The second-order valence-corrected chi connectivity index (χ2v) is 5.57. The van der Waals surface area contributed by atoms with Crippen molar-refractivity contribution in [1.29, 1.82) is 0 Å². The van der Waals surface area contributed by atoms with Crippen LogP contribution in [-0.2, 0) is 11.3 Å². The molecule has 1 N–H and O–H groups in total. The van der Waals surface area contributed by atoms with Gasteiger partial charge in [0.2, 0.25) is 0 Å². The van der Waals surface area contributed by atoms with Crippen LogP contribution in [0.25, 0.3) is 0 Å². The Morgan fingerprint density at radius 2 is 1.78 bits per heavy atom. The van der Waals surface area contributed by atoms with Crippen molar-refractivity contribution < 1.29 is 14.6 Å². The van der Waals surface area contributed by atoms with E-state index in [2.05, 4.69) is 38.8 Å². The summed E-state index contributed by atoms with van der Waals surface area (Å²) < 4.78 is 12.7. The molecule has 0 aliphatic carbocycles. The molecule has 0 amide bonds. The van der Waals surface area contributed by atoms with Gasteiger partial charge in [-0.2, -0.15) is 0 Å². The van der Waals surface area contributed by atoms with Gasteiger partial charge < -0.3 is 14.6 Å². The van der Waals surface area contributed by atoms with Crippen molar-refractivity contribution in [3.05, 3.63) is 26.6 Å². The van der Waals surface area contributed by atoms with E-state index in [0.717, 1.165) is 39.7 Å². The number of hydrogen-bond acceptors (Lipinski definition) is 3. The summed E-state index contributed by atoms with van der Waals surface area (Å²) in [4.78, 5) is 0. The highest BCUT2D eigenvalue weighted by atomic mass is 79.9. The Balaban J connectivity index is 2.42. The predicted octanol–water partition coefficient (Wildman–Crippen LogP) is 3.90. The molecule has 0 heterocycles. The summed E-state index contributed by atoms with van der Waals surface area (Å²) in [7, 11) is 0. The van der Waals surface area contributed by atoms with Gasteiger partial charge in [-0.1, -0.05) is 13.3 Å². The molecule has 1 rings (SSSR count). The van der Waals surface area contributed by atoms with Crippen LogP contribution in [-0.4, -0.2) is 24.9 Å². The highest BCUT2D eigenvalue weighted by molar-refractivity contribution is 9.11. The molecule has 0 aromatic heterocycles. The molecule has 0 aliphatic rings. The molecule has 0 atom stereocenters. The summed E-state index contributed by atoms with van der Waals surface area (Å²) in [5.74, 6) is 0.742. The van der Waals surface area contributed by atoms with E-state index in [-0.39, 0.29) is 6.61 Å². The molecule has 5 heteroatoms. The van der Waals surface area contributed by atoms with Crippen LogP contribution in [0, 0.1) is 0 Å². The summed E-state index contributed by atoms with van der Waals surface area (Å²) in [5.41, 5.74) is 0.834. The maximum atomic E-state index is 9.07. The van der Waals surface area contributed by atoms with Gasteiger partial charge in [-0.3, -0.25) is 0 Å². The van der Waals surface area contributed by atoms with Crippen LogP contribution >= 0.6 is 31.9 Å². The lowest BCUT2D eigenvalue weighted by Crippen LogP contribution is -2.08. The second kappa shape index (κ2) is 8.91. The first-order chi connectivity index (χ1) is 8.69. The van der Waals surface area contributed by atoms with Crippen LogP contribution in [0.1, 0.15) is 25.3 Å². The number of unbranched alkanes of at least 4 members (excludes halogenated alkanes) is 1. The Morgan fingerprint density at radius 3 is 2.33 bits per heavy atom. The van der Waals surface area contributed by atoms with Gasteiger partial charge in [0.1, 0.15) is 12.4 Å². The molecule has 18 heavy (non-hydrogen) atoms. The van der Waals surface area contributed by atoms with Crippen molar-refractivity contribution in [2.75, 3.05) is 19.8 Å². The minimum atomic E-state index is 0.0115. The van der Waals surface area contributed by atoms with Crippen molar-refractivity contribution in [1.82, 2.24) is 0 Å². The first-order valence-electron chi connectivity index (χ1n) is 5.98. The largest absolute Gasteiger partial charge is 0.489 e. The van der Waals surface area contributed by atoms with E-state index in [4.69, 9.17) is 14.6 Å². The lowest BCUT2D eigenvalue weighted by atomic mass is 10.2. The SMILES string of the molecule is CCCCOCCOc1c(Br)cc(CO)cc1Br. The lowest BCUT2D eigenvalue weighted by molar-refractivity contribution is 0.0975. The summed E-state index contributed by atoms with van der Waals surface area (Å²) in [6, 6.07) is 3.69. The summed E-state index contributed by atoms with van der Waals surface area (Å²) in [6.07, 6.45) is 2.22. The fourth-order valence-corrected chi connectivity index (χ4v) is 2.90. The topological polar surface area (TPSA) is 38.7 Å². The number of aliphatic hydroxyl groups is 1. The third-order valence-corrected chi connectivity index (χ3v) is 3.54. The highest BCUT2D eigenvalue weighted by Gasteiger charge is 2.08. The predicted molar refractivity (Wildman–Crippen MR) is 79.0 cm³/mol. The van der Waals surface area contributed by atoms with Crippen LogP contribution in [0.4, 0.5) is 0 Å². The zero-order chi connectivity index (χ0) is 13.4. The van der Waals surface area contributed by atoms with Gasteiger partial charge in [0.15, 0.2) is 0 Å². The summed E-state index contributed by atoms with van der Waals surface area (Å²) in [5, 5.41) is 9.07. The fraction of sp³-hybridized carbons (Fsp3) is 0.538. The minimum absolute atomic E-state index is 0.0115. The van der Waals surface area contributed by atoms with E-state index in [1.165, 1.54) is 0 Å². The third-order valence-electron chi connectivity index (χ3n) is 2.36. The number of benzene rings is 1. The smallest absolute Gasteiger partial charge is 0.147 e. The highest BCUT2D eigenvalue weighted by Crippen LogP contribution is 2.34. The number of rotatable bonds is 8. The molecular formula is C13H18Br2O3. The molecule has 0 fully saturated rings. The zero-order valence-electron chi connectivity index (χ0n) is 10.4. The number of aliphatic hydroxyl groups excluding tert-OH is 1. The van der Waals surface area contributed by atoms with Gasteiger partial charge in [0, 0.05) is 6.61 Å². The monoisotopic (exact) mass is 380 g/mol. The van der Waals surface area contributed by atoms with Gasteiger partial charge in [-0.15, -0.1) is 0 Å². The van der Waals surface area contributed by atoms with Crippen LogP contribution in [0.15, 0.2) is 21.1 Å². The summed E-state index contributed by atoms with van der Waals surface area (Å²) >= 11 is 6.85. The van der Waals surface area contributed by atoms with Crippen LogP contribution < -0.4 is 4.74 Å². The maximum Gasteiger partial charge on any atom is 0.147 e. The molecule has 3 nitrogen and oxygen atoms in total. The van der Waals surface area contributed by atoms with Crippen molar-refractivity contribution in [2.24, 2.45) is 0 Å². The van der Waals surface area contributed by atoms with E-state index in [9.17, 15) is 0 Å². The fourth-order valence-electron chi connectivity index (χ4n) is 1.39. The number of halogens is 2.